The highest BCUT2D eigenvalue weighted by molar-refractivity contribution is 7.46. The van der Waals surface area contributed by atoms with E-state index in [4.69, 9.17) is 19.3 Å². The van der Waals surface area contributed by atoms with Gasteiger partial charge in [-0.15, -0.1) is 0 Å². The van der Waals surface area contributed by atoms with Crippen molar-refractivity contribution in [2.75, 3.05) is 13.2 Å². The number of carbonyl (C=O) groups excluding carboxylic acids is 3. The van der Waals surface area contributed by atoms with Crippen molar-refractivity contribution in [3.05, 3.63) is 24.3 Å². The molecule has 0 fully saturated rings. The second-order valence-electron chi connectivity index (χ2n) is 12.4. The number of ether oxygens (including phenoxy) is 2. The average molecular weight is 659 g/mol. The van der Waals surface area contributed by atoms with Gasteiger partial charge in [0.1, 0.15) is 6.61 Å². The zero-order valence-electron chi connectivity index (χ0n) is 28.4. The fourth-order valence-electron chi connectivity index (χ4n) is 4.71. The van der Waals surface area contributed by atoms with Crippen LogP contribution >= 0.6 is 7.82 Å². The molecule has 262 valence electrons. The van der Waals surface area contributed by atoms with E-state index in [1.165, 1.54) is 32.1 Å². The van der Waals surface area contributed by atoms with Crippen LogP contribution in [0.5, 0.6) is 0 Å². The Morgan fingerprint density at radius 2 is 1.24 bits per heavy atom. The molecule has 0 aromatic rings. The van der Waals surface area contributed by atoms with Gasteiger partial charge in [-0.3, -0.25) is 18.9 Å². The number of unbranched alkanes of at least 4 members (excludes halogenated alkanes) is 14. The van der Waals surface area contributed by atoms with E-state index >= 15 is 0 Å². The van der Waals surface area contributed by atoms with Crippen LogP contribution in [0.4, 0.5) is 0 Å². The second-order valence-corrected chi connectivity index (χ2v) is 13.6. The maximum Gasteiger partial charge on any atom is 0.469 e. The molecule has 0 bridgehead atoms. The van der Waals surface area contributed by atoms with Crippen molar-refractivity contribution < 1.29 is 42.7 Å². The largest absolute Gasteiger partial charge is 0.469 e. The summed E-state index contributed by atoms with van der Waals surface area (Å²) < 4.78 is 26.2. The SMILES string of the molecule is CCCCCC(=O)/C=C/C=C\CCCCCCCC(=O)OC[C@H](COP(=O)(O)O)OC(=O)CCCCCCCCCCC(C)C. The van der Waals surface area contributed by atoms with Gasteiger partial charge in [0.25, 0.3) is 0 Å². The first-order valence-electron chi connectivity index (χ1n) is 17.4. The van der Waals surface area contributed by atoms with Gasteiger partial charge in [0.05, 0.1) is 6.61 Å². The highest BCUT2D eigenvalue weighted by atomic mass is 31.2. The number of phosphoric ester groups is 1. The first-order chi connectivity index (χ1) is 21.5. The normalized spacial score (nSPS) is 12.8. The molecular formula is C35H63O9P. The molecule has 0 saturated heterocycles. The molecule has 0 spiro atoms. The third-order valence-electron chi connectivity index (χ3n) is 7.38. The highest BCUT2D eigenvalue weighted by Gasteiger charge is 2.22. The Morgan fingerprint density at radius 3 is 1.84 bits per heavy atom. The lowest BCUT2D eigenvalue weighted by Crippen LogP contribution is -2.29. The summed E-state index contributed by atoms with van der Waals surface area (Å²) in [7, 11) is -4.76. The predicted octanol–water partition coefficient (Wildman–Crippen LogP) is 9.10. The number of allylic oxidation sites excluding steroid dienone is 4. The lowest BCUT2D eigenvalue weighted by atomic mass is 10.0. The van der Waals surface area contributed by atoms with Gasteiger partial charge in [-0.1, -0.05) is 122 Å². The molecule has 0 rings (SSSR count). The smallest absolute Gasteiger partial charge is 0.462 e. The highest BCUT2D eigenvalue weighted by Crippen LogP contribution is 2.36. The Hall–Kier alpha value is -1.80. The zero-order valence-corrected chi connectivity index (χ0v) is 29.3. The summed E-state index contributed by atoms with van der Waals surface area (Å²) in [6.45, 7) is 5.75. The summed E-state index contributed by atoms with van der Waals surface area (Å²) in [5.74, 6) is -0.0125. The summed E-state index contributed by atoms with van der Waals surface area (Å²) in [6.07, 6.45) is 26.1. The summed E-state index contributed by atoms with van der Waals surface area (Å²) >= 11 is 0. The quantitative estimate of drug-likeness (QED) is 0.0246. The van der Waals surface area contributed by atoms with Crippen molar-refractivity contribution in [1.29, 1.82) is 0 Å². The Morgan fingerprint density at radius 1 is 0.689 bits per heavy atom. The lowest BCUT2D eigenvalue weighted by Gasteiger charge is -2.18. The Bertz CT molecular complexity index is 863. The van der Waals surface area contributed by atoms with E-state index in [0.717, 1.165) is 76.5 Å². The van der Waals surface area contributed by atoms with Gasteiger partial charge in [-0.2, -0.15) is 0 Å². The molecule has 0 aliphatic heterocycles. The monoisotopic (exact) mass is 658 g/mol. The number of ketones is 1. The first kappa shape index (κ1) is 43.2. The number of hydrogen-bond acceptors (Lipinski definition) is 7. The maximum absolute atomic E-state index is 12.3. The van der Waals surface area contributed by atoms with Crippen molar-refractivity contribution >= 4 is 25.5 Å². The van der Waals surface area contributed by atoms with Crippen LogP contribution in [0.15, 0.2) is 24.3 Å². The van der Waals surface area contributed by atoms with E-state index in [-0.39, 0.29) is 25.2 Å². The molecule has 45 heavy (non-hydrogen) atoms. The van der Waals surface area contributed by atoms with E-state index in [0.29, 0.717) is 19.3 Å². The summed E-state index contributed by atoms with van der Waals surface area (Å²) in [4.78, 5) is 54.2. The minimum atomic E-state index is -4.76. The van der Waals surface area contributed by atoms with E-state index in [9.17, 15) is 18.9 Å². The van der Waals surface area contributed by atoms with E-state index in [2.05, 4.69) is 31.4 Å². The summed E-state index contributed by atoms with van der Waals surface area (Å²) in [6, 6.07) is 0. The number of carbonyl (C=O) groups is 3. The number of rotatable bonds is 31. The van der Waals surface area contributed by atoms with Crippen molar-refractivity contribution in [1.82, 2.24) is 0 Å². The molecule has 0 radical (unpaired) electrons. The van der Waals surface area contributed by atoms with Gasteiger partial charge >= 0.3 is 19.8 Å². The van der Waals surface area contributed by atoms with E-state index in [1.807, 2.05) is 12.2 Å². The first-order valence-corrected chi connectivity index (χ1v) is 19.0. The molecule has 0 unspecified atom stereocenters. The third-order valence-corrected chi connectivity index (χ3v) is 7.86. The molecule has 2 N–H and O–H groups in total. The third kappa shape index (κ3) is 33.4. The molecule has 0 aliphatic carbocycles. The van der Waals surface area contributed by atoms with Crippen molar-refractivity contribution in [3.63, 3.8) is 0 Å². The molecule has 9 nitrogen and oxygen atoms in total. The van der Waals surface area contributed by atoms with Gasteiger partial charge in [0.2, 0.25) is 0 Å². The van der Waals surface area contributed by atoms with E-state index in [1.54, 1.807) is 6.08 Å². The molecule has 0 saturated carbocycles. The van der Waals surface area contributed by atoms with Crippen LogP contribution in [0.1, 0.15) is 156 Å². The van der Waals surface area contributed by atoms with Crippen LogP contribution < -0.4 is 0 Å². The van der Waals surface area contributed by atoms with Crippen LogP contribution in [0.3, 0.4) is 0 Å². The standard InChI is InChI=1S/C35H63O9P/c1-4-5-19-25-32(36)26-21-16-12-7-6-8-13-17-22-27-34(37)42-29-33(30-43-45(39,40)41)44-35(38)28-23-18-14-10-9-11-15-20-24-31(2)3/h12,16,21,26,31,33H,4-11,13-15,17-20,22-25,27-30H2,1-3H3,(H2,39,40,41)/b16-12-,26-21+/t33-/m1/s1. The molecule has 0 aromatic carbocycles. The fourth-order valence-corrected chi connectivity index (χ4v) is 5.07. The van der Waals surface area contributed by atoms with Crippen LogP contribution in [-0.2, 0) is 32.9 Å². The minimum absolute atomic E-state index is 0.173. The van der Waals surface area contributed by atoms with Gasteiger partial charge in [-0.25, -0.2) is 4.57 Å². The summed E-state index contributed by atoms with van der Waals surface area (Å²) in [5.41, 5.74) is 0. The molecule has 10 heteroatoms. The number of hydrogen-bond donors (Lipinski definition) is 2. The Kier molecular flexibility index (Phi) is 28.4. The predicted molar refractivity (Wildman–Crippen MR) is 180 cm³/mol. The lowest BCUT2D eigenvalue weighted by molar-refractivity contribution is -0.161. The molecule has 0 heterocycles. The number of esters is 2. The molecule has 0 aromatic heterocycles. The van der Waals surface area contributed by atoms with Gasteiger partial charge in [-0.05, 0) is 44.1 Å². The summed E-state index contributed by atoms with van der Waals surface area (Å²) in [5, 5.41) is 0. The molecule has 0 amide bonds. The van der Waals surface area contributed by atoms with Crippen LogP contribution in [0.2, 0.25) is 0 Å². The van der Waals surface area contributed by atoms with Crippen LogP contribution in [0.25, 0.3) is 0 Å². The van der Waals surface area contributed by atoms with Crippen molar-refractivity contribution in [2.45, 2.75) is 162 Å². The number of phosphoric acid groups is 1. The van der Waals surface area contributed by atoms with Crippen molar-refractivity contribution in [3.8, 4) is 0 Å². The zero-order chi connectivity index (χ0) is 33.6. The van der Waals surface area contributed by atoms with Gasteiger partial charge in [0, 0.05) is 19.3 Å². The molecule has 0 aliphatic rings. The maximum atomic E-state index is 12.3. The van der Waals surface area contributed by atoms with Gasteiger partial charge in [0.15, 0.2) is 11.9 Å². The Labute approximate surface area is 273 Å². The van der Waals surface area contributed by atoms with Crippen LogP contribution in [-0.4, -0.2) is 46.8 Å². The van der Waals surface area contributed by atoms with Crippen LogP contribution in [0, 0.1) is 5.92 Å². The molecule has 1 atom stereocenters. The van der Waals surface area contributed by atoms with E-state index < -0.39 is 32.5 Å². The van der Waals surface area contributed by atoms with Crippen molar-refractivity contribution in [2.24, 2.45) is 5.92 Å². The Balaban J connectivity index is 4.07. The topological polar surface area (TPSA) is 136 Å². The molecular weight excluding hydrogens is 595 g/mol. The van der Waals surface area contributed by atoms with Gasteiger partial charge < -0.3 is 19.3 Å². The fraction of sp³-hybridized carbons (Fsp3) is 0.800. The minimum Gasteiger partial charge on any atom is -0.462 e. The average Bonchev–Trinajstić information content (AvgIpc) is 2.97. The second kappa shape index (κ2) is 29.6.